The number of aliphatic hydroxyl groups excluding tert-OH is 3. The Balaban J connectivity index is 1.70. The zero-order valence-corrected chi connectivity index (χ0v) is 17.0. The third kappa shape index (κ3) is 4.84. The quantitative estimate of drug-likeness (QED) is 0.178. The highest BCUT2D eigenvalue weighted by Crippen LogP contribution is 2.37. The number of benzene rings is 2. The van der Waals surface area contributed by atoms with Gasteiger partial charge in [0.15, 0.2) is 34.5 Å². The molecule has 2 aromatic carbocycles. The molecule has 0 bridgehead atoms. The van der Waals surface area contributed by atoms with Gasteiger partial charge in [-0.3, -0.25) is 0 Å². The molecule has 14 nitrogen and oxygen atoms in total. The van der Waals surface area contributed by atoms with Gasteiger partial charge in [-0.2, -0.15) is 0 Å². The molecular formula is C20H20O14. The van der Waals surface area contributed by atoms with E-state index in [9.17, 15) is 55.5 Å². The molecule has 0 radical (unpaired) electrons. The molecule has 0 aromatic heterocycles. The second-order valence-corrected chi connectivity index (χ2v) is 7.24. The fourth-order valence-corrected chi connectivity index (χ4v) is 3.01. The number of hydrogen-bond donors (Lipinski definition) is 9. The second-order valence-electron chi connectivity index (χ2n) is 7.24. The van der Waals surface area contributed by atoms with Crippen LogP contribution in [0.2, 0.25) is 0 Å². The van der Waals surface area contributed by atoms with Crippen LogP contribution in [0.25, 0.3) is 0 Å². The molecule has 1 aliphatic heterocycles. The van der Waals surface area contributed by atoms with Gasteiger partial charge in [-0.15, -0.1) is 0 Å². The zero-order chi connectivity index (χ0) is 25.3. The molecule has 184 valence electrons. The van der Waals surface area contributed by atoms with Crippen LogP contribution in [-0.4, -0.2) is 95.2 Å². The smallest absolute Gasteiger partial charge is 0.340 e. The number of phenolic OH excluding ortho intramolecular Hbond substituents is 6. The second kappa shape index (κ2) is 9.48. The molecule has 1 aliphatic rings. The molecule has 1 saturated heterocycles. The molecule has 0 saturated carbocycles. The van der Waals surface area contributed by atoms with Crippen LogP contribution in [0, 0.1) is 0 Å². The Bertz CT molecular complexity index is 1050. The van der Waals surface area contributed by atoms with Crippen molar-refractivity contribution in [1.29, 1.82) is 0 Å². The van der Waals surface area contributed by atoms with E-state index in [0.29, 0.717) is 0 Å². The number of aliphatic hydroxyl groups is 3. The van der Waals surface area contributed by atoms with Crippen molar-refractivity contribution in [3.8, 4) is 34.5 Å². The van der Waals surface area contributed by atoms with E-state index in [0.717, 1.165) is 24.3 Å². The Morgan fingerprint density at radius 3 is 1.62 bits per heavy atom. The first kappa shape index (κ1) is 24.7. The minimum atomic E-state index is -1.95. The molecule has 34 heavy (non-hydrogen) atoms. The van der Waals surface area contributed by atoms with Gasteiger partial charge in [-0.1, -0.05) is 0 Å². The highest BCUT2D eigenvalue weighted by atomic mass is 16.7. The molecule has 2 aromatic rings. The summed E-state index contributed by atoms with van der Waals surface area (Å²) in [7, 11) is 0. The van der Waals surface area contributed by atoms with Gasteiger partial charge in [-0.05, 0) is 24.3 Å². The lowest BCUT2D eigenvalue weighted by Crippen LogP contribution is -2.59. The lowest BCUT2D eigenvalue weighted by molar-refractivity contribution is -0.285. The average molecular weight is 484 g/mol. The first-order valence-electron chi connectivity index (χ1n) is 9.48. The van der Waals surface area contributed by atoms with Crippen LogP contribution >= 0.6 is 0 Å². The summed E-state index contributed by atoms with van der Waals surface area (Å²) in [6.07, 6.45) is -9.09. The fraction of sp³-hybridized carbons (Fsp3) is 0.300. The first-order valence-corrected chi connectivity index (χ1v) is 9.48. The highest BCUT2D eigenvalue weighted by molar-refractivity contribution is 5.91. The van der Waals surface area contributed by atoms with Gasteiger partial charge >= 0.3 is 11.9 Å². The van der Waals surface area contributed by atoms with E-state index in [-0.39, 0.29) is 5.56 Å². The van der Waals surface area contributed by atoms with Crippen LogP contribution in [0.4, 0.5) is 0 Å². The van der Waals surface area contributed by atoms with Crippen molar-refractivity contribution in [1.82, 2.24) is 0 Å². The number of ether oxygens (including phenoxy) is 3. The molecular weight excluding hydrogens is 464 g/mol. The summed E-state index contributed by atoms with van der Waals surface area (Å²) in [5, 5.41) is 86.9. The zero-order valence-electron chi connectivity index (χ0n) is 17.0. The van der Waals surface area contributed by atoms with Crippen LogP contribution in [0.5, 0.6) is 34.5 Å². The fourth-order valence-electron chi connectivity index (χ4n) is 3.01. The highest BCUT2D eigenvalue weighted by Gasteiger charge is 2.46. The largest absolute Gasteiger partial charge is 0.504 e. The molecule has 1 heterocycles. The summed E-state index contributed by atoms with van der Waals surface area (Å²) in [6.45, 7) is -0.749. The lowest BCUT2D eigenvalue weighted by atomic mass is 9.99. The summed E-state index contributed by atoms with van der Waals surface area (Å²) < 4.78 is 15.0. The molecule has 9 N–H and O–H groups in total. The summed E-state index contributed by atoms with van der Waals surface area (Å²) in [5.41, 5.74) is -0.840. The van der Waals surface area contributed by atoms with E-state index in [4.69, 9.17) is 14.2 Å². The molecule has 0 unspecified atom stereocenters. The van der Waals surface area contributed by atoms with Gasteiger partial charge in [0.2, 0.25) is 6.29 Å². The number of aromatic hydroxyl groups is 6. The molecule has 5 atom stereocenters. The summed E-state index contributed by atoms with van der Waals surface area (Å²) >= 11 is 0. The van der Waals surface area contributed by atoms with Crippen molar-refractivity contribution in [2.75, 3.05) is 6.61 Å². The minimum Gasteiger partial charge on any atom is -0.504 e. The molecule has 1 fully saturated rings. The maximum atomic E-state index is 12.3. The number of phenols is 6. The van der Waals surface area contributed by atoms with Crippen LogP contribution in [-0.2, 0) is 14.2 Å². The Morgan fingerprint density at radius 1 is 0.706 bits per heavy atom. The van der Waals surface area contributed by atoms with Gasteiger partial charge in [0.05, 0.1) is 11.1 Å². The standard InChI is InChI=1S/C20H20O14/c21-8-1-6(2-9(22)13(8)25)18(30)32-5-12-15(27)16(28)17(29)20(33-12)34-19(31)7-3-10(23)14(26)11(24)4-7/h1-4,12,15-17,20-29H,5H2/t12-,15+,16-,17-,20-/m1/s1. The van der Waals surface area contributed by atoms with Gasteiger partial charge in [0, 0.05) is 0 Å². The molecule has 0 aliphatic carbocycles. The first-order chi connectivity index (χ1) is 15.9. The van der Waals surface area contributed by atoms with Gasteiger partial charge in [0.1, 0.15) is 31.0 Å². The van der Waals surface area contributed by atoms with E-state index in [1.807, 2.05) is 0 Å². The van der Waals surface area contributed by atoms with E-state index in [1.54, 1.807) is 0 Å². The summed E-state index contributed by atoms with van der Waals surface area (Å²) in [4.78, 5) is 24.5. The Morgan fingerprint density at radius 2 is 1.15 bits per heavy atom. The third-order valence-electron chi connectivity index (χ3n) is 4.88. The van der Waals surface area contributed by atoms with Crippen molar-refractivity contribution in [2.45, 2.75) is 30.7 Å². The van der Waals surface area contributed by atoms with E-state index >= 15 is 0 Å². The number of esters is 2. The van der Waals surface area contributed by atoms with E-state index in [1.165, 1.54) is 0 Å². The normalized spacial score (nSPS) is 24.4. The average Bonchev–Trinajstić information content (AvgIpc) is 2.79. The summed E-state index contributed by atoms with van der Waals surface area (Å²) in [5.74, 6) is -7.45. The molecule has 0 amide bonds. The molecule has 0 spiro atoms. The van der Waals surface area contributed by atoms with E-state index < -0.39 is 89.3 Å². The monoisotopic (exact) mass is 484 g/mol. The molecule has 3 rings (SSSR count). The summed E-state index contributed by atoms with van der Waals surface area (Å²) in [6, 6.07) is 3.08. The minimum absolute atomic E-state index is 0.381. The van der Waals surface area contributed by atoms with Crippen molar-refractivity contribution >= 4 is 11.9 Å². The Labute approximate surface area is 189 Å². The third-order valence-corrected chi connectivity index (χ3v) is 4.88. The van der Waals surface area contributed by atoms with E-state index in [2.05, 4.69) is 0 Å². The maximum Gasteiger partial charge on any atom is 0.340 e. The van der Waals surface area contributed by atoms with Crippen molar-refractivity contribution in [3.05, 3.63) is 35.4 Å². The van der Waals surface area contributed by atoms with Gasteiger partial charge in [-0.25, -0.2) is 9.59 Å². The maximum absolute atomic E-state index is 12.3. The van der Waals surface area contributed by atoms with Crippen LogP contribution in [0.1, 0.15) is 20.7 Å². The number of carbonyl (C=O) groups excluding carboxylic acids is 2. The van der Waals surface area contributed by atoms with Crippen molar-refractivity contribution in [3.63, 3.8) is 0 Å². The SMILES string of the molecule is O=C(OC[C@H]1O[C@H](OC(=O)c2cc(O)c(O)c(O)c2)[C@H](O)[C@H](O)[C@H]1O)c1cc(O)c(O)c(O)c1. The Hall–Kier alpha value is -3.98. The predicted octanol–water partition coefficient (Wildman–Crippen LogP) is -1.26. The van der Waals surface area contributed by atoms with Crippen molar-refractivity contribution < 1.29 is 69.8 Å². The lowest BCUT2D eigenvalue weighted by Gasteiger charge is -2.39. The number of rotatable bonds is 5. The number of carbonyl (C=O) groups is 2. The predicted molar refractivity (Wildman–Crippen MR) is 105 cm³/mol. The molecule has 14 heteroatoms. The van der Waals surface area contributed by atoms with Gasteiger partial charge in [0.25, 0.3) is 0 Å². The topological polar surface area (TPSA) is 244 Å². The van der Waals surface area contributed by atoms with Gasteiger partial charge < -0.3 is 60.2 Å². The van der Waals surface area contributed by atoms with Crippen LogP contribution < -0.4 is 0 Å². The Kier molecular flexibility index (Phi) is 6.88. The van der Waals surface area contributed by atoms with Crippen LogP contribution in [0.3, 0.4) is 0 Å². The van der Waals surface area contributed by atoms with Crippen LogP contribution in [0.15, 0.2) is 24.3 Å². The van der Waals surface area contributed by atoms with Crippen molar-refractivity contribution in [2.24, 2.45) is 0 Å². The number of hydrogen-bond acceptors (Lipinski definition) is 14.